The highest BCUT2D eigenvalue weighted by atomic mass is 32.1. The molecule has 18 heavy (non-hydrogen) atoms. The van der Waals surface area contributed by atoms with Crippen LogP contribution in [-0.2, 0) is 17.1 Å². The summed E-state index contributed by atoms with van der Waals surface area (Å²) in [6.07, 6.45) is 0.932. The van der Waals surface area contributed by atoms with Gasteiger partial charge < -0.3 is 17.1 Å². The minimum Gasteiger partial charge on any atom is -0.416 e. The lowest BCUT2D eigenvalue weighted by atomic mass is 10.6. The van der Waals surface area contributed by atoms with Crippen LogP contribution in [0.2, 0.25) is 38.8 Å². The molecular weight excluding hydrogens is 300 g/mol. The van der Waals surface area contributed by atoms with E-state index in [0.29, 0.717) is 0 Å². The molecule has 0 spiro atoms. The Morgan fingerprint density at radius 1 is 0.889 bits per heavy atom. The van der Waals surface area contributed by atoms with Crippen LogP contribution in [-0.4, -0.2) is 45.7 Å². The molecule has 0 aliphatic rings. The maximum Gasteiger partial charge on any atom is 0.481 e. The molecule has 0 N–H and O–H groups in total. The standard InChI is InChI=1S/C10H28O4SSi3/c1-11-17(6,7)14-18(12-2,10-8-9-15)13-16(3,4)5/h15H,8-10H2,1-7H3. The van der Waals surface area contributed by atoms with Crippen LogP contribution in [0.4, 0.5) is 0 Å². The van der Waals surface area contributed by atoms with Gasteiger partial charge in [-0.3, -0.25) is 0 Å². The van der Waals surface area contributed by atoms with Gasteiger partial charge in [-0.25, -0.2) is 0 Å². The summed E-state index contributed by atoms with van der Waals surface area (Å²) in [5.41, 5.74) is 0. The first kappa shape index (κ1) is 18.8. The normalized spacial score (nSPS) is 16.7. The fourth-order valence-electron chi connectivity index (χ4n) is 1.49. The lowest BCUT2D eigenvalue weighted by Crippen LogP contribution is -2.57. The Labute approximate surface area is 121 Å². The van der Waals surface area contributed by atoms with Gasteiger partial charge in [-0.2, -0.15) is 12.6 Å². The van der Waals surface area contributed by atoms with Gasteiger partial charge in [-0.15, -0.1) is 0 Å². The Kier molecular flexibility index (Phi) is 7.93. The van der Waals surface area contributed by atoms with E-state index in [1.807, 2.05) is 13.1 Å². The summed E-state index contributed by atoms with van der Waals surface area (Å²) in [6, 6.07) is 0.803. The number of hydrogen-bond donors (Lipinski definition) is 1. The Balaban J connectivity index is 4.97. The quantitative estimate of drug-likeness (QED) is 0.521. The van der Waals surface area contributed by atoms with Crippen molar-refractivity contribution in [3.8, 4) is 0 Å². The molecule has 0 heterocycles. The van der Waals surface area contributed by atoms with Crippen LogP contribution in [0, 0.1) is 0 Å². The molecule has 0 aliphatic heterocycles. The van der Waals surface area contributed by atoms with Gasteiger partial charge in [0.2, 0.25) is 0 Å². The van der Waals surface area contributed by atoms with Crippen molar-refractivity contribution in [2.75, 3.05) is 20.0 Å². The lowest BCUT2D eigenvalue weighted by Gasteiger charge is -2.38. The van der Waals surface area contributed by atoms with E-state index in [2.05, 4.69) is 32.3 Å². The molecule has 0 amide bonds. The number of hydrogen-bond acceptors (Lipinski definition) is 5. The van der Waals surface area contributed by atoms with E-state index >= 15 is 0 Å². The molecule has 8 heteroatoms. The lowest BCUT2D eigenvalue weighted by molar-refractivity contribution is 0.171. The highest BCUT2D eigenvalue weighted by molar-refractivity contribution is 7.80. The van der Waals surface area contributed by atoms with Crippen LogP contribution in [0.1, 0.15) is 6.42 Å². The van der Waals surface area contributed by atoms with Gasteiger partial charge in [0.25, 0.3) is 0 Å². The van der Waals surface area contributed by atoms with Gasteiger partial charge in [0.1, 0.15) is 0 Å². The summed E-state index contributed by atoms with van der Waals surface area (Å²) in [5, 5.41) is 0. The van der Waals surface area contributed by atoms with Crippen LogP contribution in [0.15, 0.2) is 0 Å². The largest absolute Gasteiger partial charge is 0.481 e. The van der Waals surface area contributed by atoms with Crippen LogP contribution in [0.5, 0.6) is 0 Å². The first-order valence-corrected chi connectivity index (χ1v) is 15.0. The first-order chi connectivity index (χ1) is 8.10. The van der Waals surface area contributed by atoms with Gasteiger partial charge in [0, 0.05) is 20.3 Å². The molecule has 1 unspecified atom stereocenters. The van der Waals surface area contributed by atoms with Crippen molar-refractivity contribution in [2.45, 2.75) is 45.2 Å². The van der Waals surface area contributed by atoms with Crippen molar-refractivity contribution in [1.82, 2.24) is 0 Å². The fraction of sp³-hybridized carbons (Fsp3) is 1.00. The van der Waals surface area contributed by atoms with Crippen LogP contribution < -0.4 is 0 Å². The molecule has 0 radical (unpaired) electrons. The van der Waals surface area contributed by atoms with E-state index in [1.165, 1.54) is 0 Å². The smallest absolute Gasteiger partial charge is 0.416 e. The SMILES string of the molecule is CO[Si](C)(C)O[Si](CCCS)(OC)O[Si](C)(C)C. The van der Waals surface area contributed by atoms with Gasteiger partial charge in [-0.05, 0) is 44.9 Å². The molecule has 0 saturated carbocycles. The van der Waals surface area contributed by atoms with Crippen LogP contribution in [0.25, 0.3) is 0 Å². The van der Waals surface area contributed by atoms with Gasteiger partial charge in [0.15, 0.2) is 8.32 Å². The van der Waals surface area contributed by atoms with E-state index in [1.54, 1.807) is 14.2 Å². The van der Waals surface area contributed by atoms with Crippen LogP contribution >= 0.6 is 12.6 Å². The average molecular weight is 329 g/mol. The summed E-state index contributed by atoms with van der Waals surface area (Å²) in [4.78, 5) is 0. The zero-order valence-corrected chi connectivity index (χ0v) is 16.6. The molecule has 0 fully saturated rings. The topological polar surface area (TPSA) is 36.9 Å². The number of rotatable bonds is 9. The maximum atomic E-state index is 6.27. The molecule has 0 aromatic heterocycles. The monoisotopic (exact) mass is 328 g/mol. The third-order valence-corrected chi connectivity index (χ3v) is 12.1. The fourth-order valence-corrected chi connectivity index (χ4v) is 11.8. The summed E-state index contributed by atoms with van der Waals surface area (Å²) >= 11 is 4.26. The highest BCUT2D eigenvalue weighted by Crippen LogP contribution is 2.26. The second-order valence-corrected chi connectivity index (χ2v) is 17.4. The van der Waals surface area contributed by atoms with E-state index in [9.17, 15) is 0 Å². The van der Waals surface area contributed by atoms with E-state index in [-0.39, 0.29) is 0 Å². The molecule has 0 rings (SSSR count). The molecular formula is C10H28O4SSi3. The minimum absolute atomic E-state index is 0.803. The third kappa shape index (κ3) is 7.43. The van der Waals surface area contributed by atoms with Crippen molar-refractivity contribution in [3.63, 3.8) is 0 Å². The minimum atomic E-state index is -2.63. The molecule has 0 aromatic rings. The Bertz CT molecular complexity index is 248. The second kappa shape index (κ2) is 7.58. The summed E-state index contributed by atoms with van der Waals surface area (Å²) in [7, 11) is -3.16. The Morgan fingerprint density at radius 2 is 1.44 bits per heavy atom. The molecule has 0 bridgehead atoms. The molecule has 0 aliphatic carbocycles. The van der Waals surface area contributed by atoms with Crippen molar-refractivity contribution < 1.29 is 17.1 Å². The third-order valence-electron chi connectivity index (χ3n) is 2.31. The number of thiol groups is 1. The summed E-state index contributed by atoms with van der Waals surface area (Å²) < 4.78 is 23.7. The van der Waals surface area contributed by atoms with Crippen molar-refractivity contribution in [2.24, 2.45) is 0 Å². The first-order valence-electron chi connectivity index (χ1n) is 6.21. The maximum absolute atomic E-state index is 6.27. The van der Waals surface area contributed by atoms with E-state index in [4.69, 9.17) is 17.1 Å². The van der Waals surface area contributed by atoms with E-state index in [0.717, 1.165) is 18.2 Å². The molecule has 0 saturated heterocycles. The van der Waals surface area contributed by atoms with Crippen molar-refractivity contribution in [1.29, 1.82) is 0 Å². The van der Waals surface area contributed by atoms with Crippen molar-refractivity contribution >= 4 is 38.3 Å². The highest BCUT2D eigenvalue weighted by Gasteiger charge is 2.48. The van der Waals surface area contributed by atoms with Crippen LogP contribution in [0.3, 0.4) is 0 Å². The zero-order chi connectivity index (χ0) is 14.4. The predicted molar refractivity (Wildman–Crippen MR) is 86.0 cm³/mol. The molecule has 4 nitrogen and oxygen atoms in total. The molecule has 0 aromatic carbocycles. The Hall–Kier alpha value is 0.841. The predicted octanol–water partition coefficient (Wildman–Crippen LogP) is 3.11. The summed E-state index contributed by atoms with van der Waals surface area (Å²) in [6.45, 7) is 10.5. The van der Waals surface area contributed by atoms with Gasteiger partial charge >= 0.3 is 17.4 Å². The summed E-state index contributed by atoms with van der Waals surface area (Å²) in [5.74, 6) is 0.811. The van der Waals surface area contributed by atoms with E-state index < -0.39 is 25.7 Å². The zero-order valence-electron chi connectivity index (χ0n) is 12.7. The Morgan fingerprint density at radius 3 is 1.78 bits per heavy atom. The average Bonchev–Trinajstić information content (AvgIpc) is 2.23. The molecule has 1 atom stereocenters. The van der Waals surface area contributed by atoms with Gasteiger partial charge in [0.05, 0.1) is 0 Å². The second-order valence-electron chi connectivity index (χ2n) is 5.63. The van der Waals surface area contributed by atoms with Crippen molar-refractivity contribution in [3.05, 3.63) is 0 Å². The van der Waals surface area contributed by atoms with Gasteiger partial charge in [-0.1, -0.05) is 0 Å². The molecule has 110 valence electrons.